The maximum atomic E-state index is 6.08. The largest absolute Gasteiger partial charge is 0.454 e. The van der Waals surface area contributed by atoms with Crippen molar-refractivity contribution in [3.63, 3.8) is 0 Å². The molecule has 22 heavy (non-hydrogen) atoms. The molecule has 0 saturated carbocycles. The molecule has 1 aliphatic rings. The number of rotatable bonds is 1. The Morgan fingerprint density at radius 1 is 1.09 bits per heavy atom. The molecule has 4 rings (SSSR count). The molecule has 110 valence electrons. The van der Waals surface area contributed by atoms with Crippen LogP contribution in [0.1, 0.15) is 11.3 Å². The number of nitrogens with zero attached hydrogens (tertiary/aromatic N) is 3. The average molecular weight is 294 g/mol. The van der Waals surface area contributed by atoms with Gasteiger partial charge in [0, 0.05) is 11.3 Å². The standard InChI is InChI=1S/C16H14N4O2/c1-8-9(2)20-16-14(15(17)18-6-19-16)13(8)10-3-4-11-12(5-10)22-7-21-11/h3-6H,7H2,1-2H3,(H2,17,18,19,20). The summed E-state index contributed by atoms with van der Waals surface area (Å²) in [6.45, 7) is 4.23. The molecule has 6 heteroatoms. The summed E-state index contributed by atoms with van der Waals surface area (Å²) in [6, 6.07) is 5.84. The number of anilines is 1. The van der Waals surface area contributed by atoms with Crippen LogP contribution >= 0.6 is 0 Å². The number of hydrogen-bond acceptors (Lipinski definition) is 6. The number of ether oxygens (including phenoxy) is 2. The van der Waals surface area contributed by atoms with Crippen molar-refractivity contribution >= 4 is 16.9 Å². The SMILES string of the molecule is Cc1nc2ncnc(N)c2c(-c2ccc3c(c2)OCO3)c1C. The van der Waals surface area contributed by atoms with Gasteiger partial charge in [0.2, 0.25) is 6.79 Å². The Labute approximate surface area is 126 Å². The predicted octanol–water partition coefficient (Wildman–Crippen LogP) is 2.62. The summed E-state index contributed by atoms with van der Waals surface area (Å²) in [5, 5.41) is 0.768. The topological polar surface area (TPSA) is 83.2 Å². The zero-order valence-electron chi connectivity index (χ0n) is 12.3. The van der Waals surface area contributed by atoms with E-state index in [1.54, 1.807) is 0 Å². The molecule has 0 bridgehead atoms. The third-order valence-electron chi connectivity index (χ3n) is 3.96. The zero-order valence-corrected chi connectivity index (χ0v) is 12.3. The van der Waals surface area contributed by atoms with E-state index < -0.39 is 0 Å². The number of hydrogen-bond donors (Lipinski definition) is 1. The first-order valence-electron chi connectivity index (χ1n) is 6.92. The number of nitrogen functional groups attached to an aromatic ring is 1. The molecular formula is C16H14N4O2. The van der Waals surface area contributed by atoms with Crippen LogP contribution in [-0.4, -0.2) is 21.7 Å². The van der Waals surface area contributed by atoms with Crippen LogP contribution in [0.5, 0.6) is 11.5 Å². The number of aryl methyl sites for hydroxylation is 1. The number of aromatic nitrogens is 3. The highest BCUT2D eigenvalue weighted by Crippen LogP contribution is 2.40. The molecule has 0 radical (unpaired) electrons. The molecular weight excluding hydrogens is 280 g/mol. The molecule has 1 aliphatic heterocycles. The Bertz CT molecular complexity index is 908. The van der Waals surface area contributed by atoms with Crippen molar-refractivity contribution in [2.24, 2.45) is 0 Å². The number of nitrogens with two attached hydrogens (primary N) is 1. The van der Waals surface area contributed by atoms with Crippen molar-refractivity contribution in [3.05, 3.63) is 35.8 Å². The first-order chi connectivity index (χ1) is 10.6. The highest BCUT2D eigenvalue weighted by atomic mass is 16.7. The van der Waals surface area contributed by atoms with Gasteiger partial charge in [-0.1, -0.05) is 6.07 Å². The molecule has 3 aromatic rings. The zero-order chi connectivity index (χ0) is 15.3. The summed E-state index contributed by atoms with van der Waals surface area (Å²) in [7, 11) is 0. The average Bonchev–Trinajstić information content (AvgIpc) is 2.97. The van der Waals surface area contributed by atoms with Gasteiger partial charge >= 0.3 is 0 Å². The van der Waals surface area contributed by atoms with Crippen LogP contribution in [0.15, 0.2) is 24.5 Å². The Kier molecular flexibility index (Phi) is 2.66. The van der Waals surface area contributed by atoms with Gasteiger partial charge in [-0.2, -0.15) is 0 Å². The third-order valence-corrected chi connectivity index (χ3v) is 3.96. The van der Waals surface area contributed by atoms with Gasteiger partial charge in [-0.05, 0) is 37.1 Å². The Morgan fingerprint density at radius 3 is 2.77 bits per heavy atom. The minimum Gasteiger partial charge on any atom is -0.454 e. The molecule has 0 saturated heterocycles. The Hall–Kier alpha value is -2.89. The van der Waals surface area contributed by atoms with Crippen LogP contribution in [0.3, 0.4) is 0 Å². The third kappa shape index (κ3) is 1.77. The second-order valence-electron chi connectivity index (χ2n) is 5.22. The molecule has 2 aromatic heterocycles. The minimum absolute atomic E-state index is 0.249. The molecule has 6 nitrogen and oxygen atoms in total. The summed E-state index contributed by atoms with van der Waals surface area (Å²) < 4.78 is 10.8. The van der Waals surface area contributed by atoms with Gasteiger partial charge in [-0.15, -0.1) is 0 Å². The van der Waals surface area contributed by atoms with Crippen molar-refractivity contribution in [1.29, 1.82) is 0 Å². The lowest BCUT2D eigenvalue weighted by atomic mass is 9.96. The van der Waals surface area contributed by atoms with E-state index in [-0.39, 0.29) is 6.79 Å². The molecule has 0 aliphatic carbocycles. The first-order valence-corrected chi connectivity index (χ1v) is 6.92. The van der Waals surface area contributed by atoms with Crippen molar-refractivity contribution in [2.75, 3.05) is 12.5 Å². The number of pyridine rings is 1. The van der Waals surface area contributed by atoms with Gasteiger partial charge in [0.1, 0.15) is 12.1 Å². The van der Waals surface area contributed by atoms with Crippen LogP contribution in [0.25, 0.3) is 22.2 Å². The maximum absolute atomic E-state index is 6.08. The second kappa shape index (κ2) is 4.56. The van der Waals surface area contributed by atoms with E-state index in [0.29, 0.717) is 11.5 Å². The van der Waals surface area contributed by atoms with E-state index in [1.807, 2.05) is 32.0 Å². The van der Waals surface area contributed by atoms with Crippen LogP contribution < -0.4 is 15.2 Å². The van der Waals surface area contributed by atoms with Gasteiger partial charge in [-0.25, -0.2) is 15.0 Å². The van der Waals surface area contributed by atoms with Crippen LogP contribution in [0, 0.1) is 13.8 Å². The quantitative estimate of drug-likeness (QED) is 0.742. The predicted molar refractivity (Wildman–Crippen MR) is 82.8 cm³/mol. The normalized spacial score (nSPS) is 12.8. The summed E-state index contributed by atoms with van der Waals surface area (Å²) in [5.74, 6) is 1.91. The van der Waals surface area contributed by atoms with Crippen LogP contribution in [0.2, 0.25) is 0 Å². The molecule has 2 N–H and O–H groups in total. The molecule has 0 atom stereocenters. The minimum atomic E-state index is 0.249. The highest BCUT2D eigenvalue weighted by molar-refractivity contribution is 6.01. The van der Waals surface area contributed by atoms with Crippen molar-refractivity contribution < 1.29 is 9.47 Å². The summed E-state index contributed by atoms with van der Waals surface area (Å²) >= 11 is 0. The van der Waals surface area contributed by atoms with Gasteiger partial charge in [0.15, 0.2) is 17.1 Å². The second-order valence-corrected chi connectivity index (χ2v) is 5.22. The molecule has 1 aromatic carbocycles. The monoisotopic (exact) mass is 294 g/mol. The van der Waals surface area contributed by atoms with E-state index in [0.717, 1.165) is 39.3 Å². The number of benzene rings is 1. The molecule has 0 amide bonds. The Morgan fingerprint density at radius 2 is 1.91 bits per heavy atom. The first kappa shape index (κ1) is 12.8. The van der Waals surface area contributed by atoms with E-state index in [4.69, 9.17) is 15.2 Å². The summed E-state index contributed by atoms with van der Waals surface area (Å²) in [5.41, 5.74) is 10.6. The van der Waals surface area contributed by atoms with Crippen LogP contribution in [0.4, 0.5) is 5.82 Å². The van der Waals surface area contributed by atoms with E-state index in [2.05, 4.69) is 15.0 Å². The van der Waals surface area contributed by atoms with Crippen molar-refractivity contribution in [3.8, 4) is 22.6 Å². The lowest BCUT2D eigenvalue weighted by Crippen LogP contribution is -2.01. The summed E-state index contributed by atoms with van der Waals surface area (Å²) in [4.78, 5) is 12.9. The molecule has 0 fully saturated rings. The van der Waals surface area contributed by atoms with Gasteiger partial charge < -0.3 is 15.2 Å². The van der Waals surface area contributed by atoms with Crippen LogP contribution in [-0.2, 0) is 0 Å². The maximum Gasteiger partial charge on any atom is 0.231 e. The van der Waals surface area contributed by atoms with Gasteiger partial charge in [0.05, 0.1) is 5.39 Å². The molecule has 0 unspecified atom stereocenters. The highest BCUT2D eigenvalue weighted by Gasteiger charge is 2.19. The molecule has 0 spiro atoms. The lowest BCUT2D eigenvalue weighted by molar-refractivity contribution is 0.174. The fourth-order valence-electron chi connectivity index (χ4n) is 2.74. The van der Waals surface area contributed by atoms with E-state index >= 15 is 0 Å². The molecule has 3 heterocycles. The van der Waals surface area contributed by atoms with E-state index in [9.17, 15) is 0 Å². The van der Waals surface area contributed by atoms with Gasteiger partial charge in [-0.3, -0.25) is 0 Å². The van der Waals surface area contributed by atoms with E-state index in [1.165, 1.54) is 6.33 Å². The van der Waals surface area contributed by atoms with Gasteiger partial charge in [0.25, 0.3) is 0 Å². The number of fused-ring (bicyclic) bond motifs is 2. The smallest absolute Gasteiger partial charge is 0.231 e. The fraction of sp³-hybridized carbons (Fsp3) is 0.188. The Balaban J connectivity index is 2.07. The summed E-state index contributed by atoms with van der Waals surface area (Å²) in [6.07, 6.45) is 1.43. The van der Waals surface area contributed by atoms with Crippen molar-refractivity contribution in [2.45, 2.75) is 13.8 Å². The lowest BCUT2D eigenvalue weighted by Gasteiger charge is -2.13. The van der Waals surface area contributed by atoms with Crippen molar-refractivity contribution in [1.82, 2.24) is 15.0 Å². The fourth-order valence-corrected chi connectivity index (χ4v) is 2.74.